The molecule has 0 aromatic heterocycles. The van der Waals surface area contributed by atoms with Gasteiger partial charge in [0.15, 0.2) is 0 Å². The summed E-state index contributed by atoms with van der Waals surface area (Å²) in [6.07, 6.45) is 2.66. The lowest BCUT2D eigenvalue weighted by molar-refractivity contribution is 0.0707. The van der Waals surface area contributed by atoms with Gasteiger partial charge in [-0.2, -0.15) is 0 Å². The van der Waals surface area contributed by atoms with Gasteiger partial charge >= 0.3 is 0 Å². The molecule has 0 radical (unpaired) electrons. The van der Waals surface area contributed by atoms with E-state index in [0.717, 1.165) is 24.0 Å². The number of carbonyl (C=O) groups is 1. The van der Waals surface area contributed by atoms with Crippen molar-refractivity contribution in [3.63, 3.8) is 0 Å². The van der Waals surface area contributed by atoms with Gasteiger partial charge in [-0.3, -0.25) is 9.10 Å². The van der Waals surface area contributed by atoms with Crippen molar-refractivity contribution in [2.75, 3.05) is 30.3 Å². The summed E-state index contributed by atoms with van der Waals surface area (Å²) in [6, 6.07) is 14.8. The largest absolute Gasteiger partial charge is 0.395 e. The van der Waals surface area contributed by atoms with Gasteiger partial charge in [0.2, 0.25) is 10.0 Å². The molecule has 0 saturated carbocycles. The number of aliphatic hydroxyl groups excluding tert-OH is 1. The van der Waals surface area contributed by atoms with Crippen LogP contribution in [0.3, 0.4) is 0 Å². The van der Waals surface area contributed by atoms with E-state index in [0.29, 0.717) is 24.3 Å². The number of carbonyl (C=O) groups excluding carboxylic acids is 1. The highest BCUT2D eigenvalue weighted by Gasteiger charge is 2.25. The third-order valence-electron chi connectivity index (χ3n) is 4.68. The van der Waals surface area contributed by atoms with Crippen LogP contribution < -0.4 is 4.31 Å². The Labute approximate surface area is 160 Å². The Bertz CT molecular complexity index is 913. The molecule has 0 fully saturated rings. The lowest BCUT2D eigenvalue weighted by Crippen LogP contribution is -2.35. The molecular formula is C20H24N2O4S. The average Bonchev–Trinajstić information content (AvgIpc) is 2.66. The number of aliphatic hydroxyl groups is 1. The first-order valence-electron chi connectivity index (χ1n) is 8.95. The molecule has 2 aromatic carbocycles. The Balaban J connectivity index is 1.87. The normalized spacial score (nSPS) is 13.9. The third kappa shape index (κ3) is 4.48. The highest BCUT2D eigenvalue weighted by molar-refractivity contribution is 7.92. The number of benzene rings is 2. The second-order valence-electron chi connectivity index (χ2n) is 6.72. The van der Waals surface area contributed by atoms with Gasteiger partial charge in [-0.05, 0) is 42.2 Å². The number of amides is 1. The highest BCUT2D eigenvalue weighted by Crippen LogP contribution is 2.30. The fraction of sp³-hybridized carbons (Fsp3) is 0.350. The van der Waals surface area contributed by atoms with Gasteiger partial charge in [-0.1, -0.05) is 30.3 Å². The maximum atomic E-state index is 13.0. The summed E-state index contributed by atoms with van der Waals surface area (Å²) in [5.41, 5.74) is 3.01. The zero-order valence-corrected chi connectivity index (χ0v) is 16.2. The van der Waals surface area contributed by atoms with E-state index in [-0.39, 0.29) is 19.1 Å². The number of hydrogen-bond acceptors (Lipinski definition) is 4. The molecular weight excluding hydrogens is 364 g/mol. The summed E-state index contributed by atoms with van der Waals surface area (Å²) in [5.74, 6) is -0.174. The van der Waals surface area contributed by atoms with Crippen molar-refractivity contribution >= 4 is 21.6 Å². The van der Waals surface area contributed by atoms with Crippen LogP contribution in [-0.2, 0) is 23.0 Å². The van der Waals surface area contributed by atoms with E-state index in [1.165, 1.54) is 10.6 Å². The first kappa shape index (κ1) is 19.4. The van der Waals surface area contributed by atoms with E-state index in [1.54, 1.807) is 23.1 Å². The minimum atomic E-state index is -3.33. The molecule has 144 valence electrons. The number of anilines is 1. The van der Waals surface area contributed by atoms with Gasteiger partial charge in [-0.25, -0.2) is 8.42 Å². The monoisotopic (exact) mass is 388 g/mol. The molecule has 0 unspecified atom stereocenters. The van der Waals surface area contributed by atoms with E-state index in [4.69, 9.17) is 0 Å². The molecule has 0 spiro atoms. The van der Waals surface area contributed by atoms with Crippen LogP contribution in [0.2, 0.25) is 0 Å². The Morgan fingerprint density at radius 2 is 1.93 bits per heavy atom. The summed E-state index contributed by atoms with van der Waals surface area (Å²) in [7, 11) is -3.33. The SMILES string of the molecule is CS(=O)(=O)N1CCCc2cc(C(=O)N(CCO)Cc3ccccc3)ccc21. The van der Waals surface area contributed by atoms with E-state index in [9.17, 15) is 18.3 Å². The zero-order valence-electron chi connectivity index (χ0n) is 15.3. The van der Waals surface area contributed by atoms with Crippen LogP contribution in [0.4, 0.5) is 5.69 Å². The van der Waals surface area contributed by atoms with Crippen molar-refractivity contribution < 1.29 is 18.3 Å². The summed E-state index contributed by atoms with van der Waals surface area (Å²) in [5, 5.41) is 9.36. The van der Waals surface area contributed by atoms with Gasteiger partial charge in [-0.15, -0.1) is 0 Å². The number of nitrogens with zero attached hydrogens (tertiary/aromatic N) is 2. The van der Waals surface area contributed by atoms with Crippen LogP contribution in [0.1, 0.15) is 27.9 Å². The fourth-order valence-corrected chi connectivity index (χ4v) is 4.40. The molecule has 1 heterocycles. The van der Waals surface area contributed by atoms with Crippen LogP contribution in [0.15, 0.2) is 48.5 Å². The Morgan fingerprint density at radius 3 is 2.59 bits per heavy atom. The van der Waals surface area contributed by atoms with Crippen LogP contribution in [-0.4, -0.2) is 50.3 Å². The van der Waals surface area contributed by atoms with Crippen LogP contribution in [0.5, 0.6) is 0 Å². The summed E-state index contributed by atoms with van der Waals surface area (Å²) >= 11 is 0. The second kappa shape index (κ2) is 8.10. The standard InChI is InChI=1S/C20H24N2O4S/c1-27(25,26)22-11-5-8-17-14-18(9-10-19(17)22)20(24)21(12-13-23)15-16-6-3-2-4-7-16/h2-4,6-7,9-10,14,23H,5,8,11-13,15H2,1H3. The summed E-state index contributed by atoms with van der Waals surface area (Å²) in [6.45, 7) is 0.988. The van der Waals surface area contributed by atoms with Crippen LogP contribution >= 0.6 is 0 Å². The zero-order chi connectivity index (χ0) is 19.4. The number of hydrogen-bond donors (Lipinski definition) is 1. The van der Waals surface area contributed by atoms with Gasteiger partial charge in [0.1, 0.15) is 0 Å². The van der Waals surface area contributed by atoms with E-state index in [1.807, 2.05) is 30.3 Å². The predicted molar refractivity (Wildman–Crippen MR) is 105 cm³/mol. The minimum Gasteiger partial charge on any atom is -0.395 e. The van der Waals surface area contributed by atoms with Crippen LogP contribution in [0, 0.1) is 0 Å². The fourth-order valence-electron chi connectivity index (χ4n) is 3.40. The average molecular weight is 388 g/mol. The molecule has 27 heavy (non-hydrogen) atoms. The second-order valence-corrected chi connectivity index (χ2v) is 8.62. The molecule has 0 atom stereocenters. The minimum absolute atomic E-state index is 0.120. The molecule has 6 nitrogen and oxygen atoms in total. The van der Waals surface area contributed by atoms with Gasteiger partial charge < -0.3 is 10.0 Å². The number of fused-ring (bicyclic) bond motifs is 1. The lowest BCUT2D eigenvalue weighted by atomic mass is 10.00. The molecule has 1 amide bonds. The first-order chi connectivity index (χ1) is 12.9. The Hall–Kier alpha value is -2.38. The quantitative estimate of drug-likeness (QED) is 0.821. The number of aryl methyl sites for hydroxylation is 1. The Kier molecular flexibility index (Phi) is 5.82. The summed E-state index contributed by atoms with van der Waals surface area (Å²) < 4.78 is 25.4. The van der Waals surface area contributed by atoms with Gasteiger partial charge in [0.25, 0.3) is 5.91 Å². The predicted octanol–water partition coefficient (Wildman–Crippen LogP) is 2.03. The van der Waals surface area contributed by atoms with Crippen molar-refractivity contribution in [2.45, 2.75) is 19.4 Å². The van der Waals surface area contributed by atoms with Crippen molar-refractivity contribution in [2.24, 2.45) is 0 Å². The van der Waals surface area contributed by atoms with Crippen molar-refractivity contribution in [1.29, 1.82) is 0 Å². The van der Waals surface area contributed by atoms with Gasteiger partial charge in [0, 0.05) is 25.2 Å². The molecule has 0 saturated heterocycles. The third-order valence-corrected chi connectivity index (χ3v) is 5.86. The topological polar surface area (TPSA) is 77.9 Å². The van der Waals surface area contributed by atoms with Crippen molar-refractivity contribution in [3.8, 4) is 0 Å². The molecule has 0 bridgehead atoms. The van der Waals surface area contributed by atoms with E-state index < -0.39 is 10.0 Å². The summed E-state index contributed by atoms with van der Waals surface area (Å²) in [4.78, 5) is 14.6. The van der Waals surface area contributed by atoms with Crippen molar-refractivity contribution in [1.82, 2.24) is 4.90 Å². The smallest absolute Gasteiger partial charge is 0.254 e. The maximum absolute atomic E-state index is 13.0. The lowest BCUT2D eigenvalue weighted by Gasteiger charge is -2.30. The van der Waals surface area contributed by atoms with Crippen molar-refractivity contribution in [3.05, 3.63) is 65.2 Å². The maximum Gasteiger partial charge on any atom is 0.254 e. The molecule has 1 aliphatic rings. The molecule has 0 aliphatic carbocycles. The number of sulfonamides is 1. The van der Waals surface area contributed by atoms with E-state index >= 15 is 0 Å². The number of rotatable bonds is 6. The van der Waals surface area contributed by atoms with E-state index in [2.05, 4.69) is 0 Å². The highest BCUT2D eigenvalue weighted by atomic mass is 32.2. The molecule has 7 heteroatoms. The molecule has 1 N–H and O–H groups in total. The molecule has 2 aromatic rings. The first-order valence-corrected chi connectivity index (χ1v) is 10.8. The Morgan fingerprint density at radius 1 is 1.19 bits per heavy atom. The molecule has 3 rings (SSSR count). The molecule has 1 aliphatic heterocycles. The van der Waals surface area contributed by atoms with Crippen LogP contribution in [0.25, 0.3) is 0 Å². The van der Waals surface area contributed by atoms with Gasteiger partial charge in [0.05, 0.1) is 18.6 Å².